The highest BCUT2D eigenvalue weighted by molar-refractivity contribution is 6.32. The molecule has 0 aliphatic heterocycles. The maximum Gasteiger partial charge on any atom is 0.573 e. The molecular formula is C11H6ClF3N4O. The molecule has 0 bridgehead atoms. The standard InChI is InChI=1S/C11H6ClF3N4O/c1-5-17-18-10-9(12)16-7-3-2-6(20-11(13,14)15)4-8(7)19(5)10/h2-4H,1H3. The second kappa shape index (κ2) is 4.20. The molecule has 0 N–H and O–H groups in total. The Kier molecular flexibility index (Phi) is 2.72. The molecule has 2 heterocycles. The summed E-state index contributed by atoms with van der Waals surface area (Å²) in [7, 11) is 0. The minimum Gasteiger partial charge on any atom is -0.406 e. The van der Waals surface area contributed by atoms with Crippen LogP contribution in [0.4, 0.5) is 13.2 Å². The van der Waals surface area contributed by atoms with Gasteiger partial charge in [-0.25, -0.2) is 4.98 Å². The quantitative estimate of drug-likeness (QED) is 0.693. The van der Waals surface area contributed by atoms with Crippen LogP contribution in [0.2, 0.25) is 5.15 Å². The van der Waals surface area contributed by atoms with E-state index in [1.165, 1.54) is 22.6 Å². The lowest BCUT2D eigenvalue weighted by Crippen LogP contribution is -2.17. The highest BCUT2D eigenvalue weighted by Crippen LogP contribution is 2.28. The van der Waals surface area contributed by atoms with Crippen LogP contribution in [-0.4, -0.2) is 25.9 Å². The number of aromatic nitrogens is 4. The first-order valence-corrected chi connectivity index (χ1v) is 5.80. The summed E-state index contributed by atoms with van der Waals surface area (Å²) < 4.78 is 42.2. The molecule has 0 atom stereocenters. The summed E-state index contributed by atoms with van der Waals surface area (Å²) in [5.74, 6) is 0.141. The average Bonchev–Trinajstić information content (AvgIpc) is 2.71. The van der Waals surface area contributed by atoms with E-state index in [9.17, 15) is 13.2 Å². The fourth-order valence-electron chi connectivity index (χ4n) is 1.91. The third-order valence-electron chi connectivity index (χ3n) is 2.65. The molecule has 20 heavy (non-hydrogen) atoms. The fourth-order valence-corrected chi connectivity index (χ4v) is 2.13. The molecule has 2 aromatic heterocycles. The number of alkyl halides is 3. The number of rotatable bonds is 1. The normalized spacial score (nSPS) is 12.2. The van der Waals surface area contributed by atoms with Crippen molar-refractivity contribution in [3.63, 3.8) is 0 Å². The second-order valence-electron chi connectivity index (χ2n) is 4.01. The summed E-state index contributed by atoms with van der Waals surface area (Å²) >= 11 is 5.95. The van der Waals surface area contributed by atoms with E-state index in [4.69, 9.17) is 11.6 Å². The van der Waals surface area contributed by atoms with Crippen molar-refractivity contribution in [3.8, 4) is 5.75 Å². The van der Waals surface area contributed by atoms with Crippen molar-refractivity contribution in [1.82, 2.24) is 19.6 Å². The van der Waals surface area contributed by atoms with Crippen LogP contribution in [0.15, 0.2) is 18.2 Å². The Bertz CT molecular complexity index is 815. The Morgan fingerprint density at radius 3 is 2.70 bits per heavy atom. The van der Waals surface area contributed by atoms with Crippen LogP contribution in [0.25, 0.3) is 16.7 Å². The number of ether oxygens (including phenoxy) is 1. The predicted octanol–water partition coefficient (Wildman–Crippen LogP) is 3.14. The van der Waals surface area contributed by atoms with E-state index in [0.717, 1.165) is 0 Å². The largest absolute Gasteiger partial charge is 0.573 e. The number of benzene rings is 1. The molecule has 3 aromatic rings. The zero-order valence-electron chi connectivity index (χ0n) is 9.94. The van der Waals surface area contributed by atoms with Crippen molar-refractivity contribution in [3.05, 3.63) is 29.2 Å². The molecule has 0 saturated carbocycles. The van der Waals surface area contributed by atoms with E-state index in [0.29, 0.717) is 16.9 Å². The number of hydrogen-bond acceptors (Lipinski definition) is 4. The van der Waals surface area contributed by atoms with Crippen LogP contribution in [0.3, 0.4) is 0 Å². The van der Waals surface area contributed by atoms with Crippen molar-refractivity contribution in [1.29, 1.82) is 0 Å². The van der Waals surface area contributed by atoms with Gasteiger partial charge in [-0.05, 0) is 19.1 Å². The van der Waals surface area contributed by atoms with E-state index in [1.54, 1.807) is 6.92 Å². The van der Waals surface area contributed by atoms with Crippen LogP contribution in [0.1, 0.15) is 5.82 Å². The van der Waals surface area contributed by atoms with Crippen LogP contribution in [0.5, 0.6) is 5.75 Å². The van der Waals surface area contributed by atoms with Gasteiger partial charge in [-0.1, -0.05) is 11.6 Å². The summed E-state index contributed by atoms with van der Waals surface area (Å²) in [6, 6.07) is 3.78. The highest BCUT2D eigenvalue weighted by Gasteiger charge is 2.31. The van der Waals surface area contributed by atoms with Crippen LogP contribution in [-0.2, 0) is 0 Å². The number of hydrogen-bond donors (Lipinski definition) is 0. The van der Waals surface area contributed by atoms with Gasteiger partial charge in [-0.3, -0.25) is 4.40 Å². The van der Waals surface area contributed by atoms with Crippen molar-refractivity contribution in [2.24, 2.45) is 0 Å². The molecule has 9 heteroatoms. The molecule has 0 unspecified atom stereocenters. The van der Waals surface area contributed by atoms with Crippen molar-refractivity contribution < 1.29 is 17.9 Å². The van der Waals surface area contributed by atoms with Crippen LogP contribution >= 0.6 is 11.6 Å². The smallest absolute Gasteiger partial charge is 0.406 e. The zero-order chi connectivity index (χ0) is 14.5. The molecule has 0 spiro atoms. The number of aryl methyl sites for hydroxylation is 1. The maximum atomic E-state index is 12.2. The highest BCUT2D eigenvalue weighted by atomic mass is 35.5. The summed E-state index contributed by atoms with van der Waals surface area (Å²) in [6.07, 6.45) is -4.76. The SMILES string of the molecule is Cc1nnc2c(Cl)nc3ccc(OC(F)(F)F)cc3n12. The Hall–Kier alpha value is -2.09. The van der Waals surface area contributed by atoms with E-state index in [2.05, 4.69) is 19.9 Å². The Morgan fingerprint density at radius 2 is 2.00 bits per heavy atom. The zero-order valence-corrected chi connectivity index (χ0v) is 10.7. The molecule has 0 amide bonds. The Labute approximate surface area is 115 Å². The molecule has 104 valence electrons. The van der Waals surface area contributed by atoms with Crippen molar-refractivity contribution >= 4 is 28.3 Å². The molecule has 0 radical (unpaired) electrons. The molecule has 0 aliphatic carbocycles. The fraction of sp³-hybridized carbons (Fsp3) is 0.182. The van der Waals surface area contributed by atoms with Gasteiger partial charge in [-0.15, -0.1) is 23.4 Å². The van der Waals surface area contributed by atoms with Gasteiger partial charge >= 0.3 is 6.36 Å². The van der Waals surface area contributed by atoms with E-state index in [1.807, 2.05) is 0 Å². The van der Waals surface area contributed by atoms with Crippen molar-refractivity contribution in [2.75, 3.05) is 0 Å². The van der Waals surface area contributed by atoms with Gasteiger partial charge in [0.2, 0.25) is 0 Å². The lowest BCUT2D eigenvalue weighted by molar-refractivity contribution is -0.274. The minimum atomic E-state index is -4.76. The van der Waals surface area contributed by atoms with Gasteiger partial charge in [0.05, 0.1) is 11.0 Å². The summed E-state index contributed by atoms with van der Waals surface area (Å²) in [4.78, 5) is 4.06. The molecule has 3 rings (SSSR count). The van der Waals surface area contributed by atoms with E-state index in [-0.39, 0.29) is 16.5 Å². The Morgan fingerprint density at radius 1 is 1.25 bits per heavy atom. The van der Waals surface area contributed by atoms with Gasteiger partial charge in [-0.2, -0.15) is 0 Å². The topological polar surface area (TPSA) is 52.3 Å². The summed E-state index contributed by atoms with van der Waals surface area (Å²) in [5.41, 5.74) is 1.08. The number of nitrogens with zero attached hydrogens (tertiary/aromatic N) is 4. The average molecular weight is 303 g/mol. The molecule has 5 nitrogen and oxygen atoms in total. The molecule has 0 fully saturated rings. The van der Waals surface area contributed by atoms with Gasteiger partial charge in [0.25, 0.3) is 0 Å². The maximum absolute atomic E-state index is 12.2. The minimum absolute atomic E-state index is 0.127. The molecule has 0 aliphatic rings. The van der Waals surface area contributed by atoms with E-state index >= 15 is 0 Å². The molecular weight excluding hydrogens is 297 g/mol. The van der Waals surface area contributed by atoms with Crippen molar-refractivity contribution in [2.45, 2.75) is 13.3 Å². The second-order valence-corrected chi connectivity index (χ2v) is 4.37. The number of halogens is 4. The monoisotopic (exact) mass is 302 g/mol. The summed E-state index contributed by atoms with van der Waals surface area (Å²) in [6.45, 7) is 1.66. The van der Waals surface area contributed by atoms with Crippen LogP contribution in [0, 0.1) is 6.92 Å². The predicted molar refractivity (Wildman–Crippen MR) is 64.7 cm³/mol. The first-order chi connectivity index (χ1) is 9.35. The van der Waals surface area contributed by atoms with Gasteiger partial charge in [0.1, 0.15) is 11.6 Å². The Balaban J connectivity index is 2.29. The summed E-state index contributed by atoms with van der Waals surface area (Å²) in [5, 5.41) is 7.79. The first kappa shape index (κ1) is 12.9. The van der Waals surface area contributed by atoms with E-state index < -0.39 is 6.36 Å². The van der Waals surface area contributed by atoms with Gasteiger partial charge in [0.15, 0.2) is 10.8 Å². The lowest BCUT2D eigenvalue weighted by Gasteiger charge is -2.10. The third kappa shape index (κ3) is 2.11. The third-order valence-corrected chi connectivity index (χ3v) is 2.90. The van der Waals surface area contributed by atoms with Crippen LogP contribution < -0.4 is 4.74 Å². The molecule has 0 saturated heterocycles. The van der Waals surface area contributed by atoms with Gasteiger partial charge in [0, 0.05) is 6.07 Å². The lowest BCUT2D eigenvalue weighted by atomic mass is 10.3. The number of fused-ring (bicyclic) bond motifs is 3. The first-order valence-electron chi connectivity index (χ1n) is 5.42. The van der Waals surface area contributed by atoms with Gasteiger partial charge < -0.3 is 4.74 Å². The molecule has 1 aromatic carbocycles.